The molecule has 0 amide bonds. The lowest BCUT2D eigenvalue weighted by molar-refractivity contribution is 0.263. The third-order valence-electron chi connectivity index (χ3n) is 4.21. The molecule has 2 saturated carbocycles. The number of aliphatic hydroxyl groups excluding tert-OH is 1. The van der Waals surface area contributed by atoms with Crippen LogP contribution in [0.4, 0.5) is 0 Å². The Morgan fingerprint density at radius 1 is 1.05 bits per heavy atom. The quantitative estimate of drug-likeness (QED) is 0.665. The van der Waals surface area contributed by atoms with Crippen molar-refractivity contribution < 1.29 is 5.11 Å². The first-order chi connectivity index (χ1) is 9.38. The molecule has 1 heterocycles. The topological polar surface area (TPSA) is 50.9 Å². The van der Waals surface area contributed by atoms with E-state index in [9.17, 15) is 5.11 Å². The van der Waals surface area contributed by atoms with E-state index in [0.29, 0.717) is 6.04 Å². The summed E-state index contributed by atoms with van der Waals surface area (Å²) in [5.41, 5.74) is 0. The van der Waals surface area contributed by atoms with Crippen molar-refractivity contribution in [2.24, 2.45) is 5.92 Å². The standard InChI is InChI=1S/C14H23N3OS/c18-9-13-15-16-14(17(13)12-7-8-12)19-10-11-5-3-1-2-4-6-11/h11-12,18H,1-10H2. The van der Waals surface area contributed by atoms with E-state index in [1.807, 2.05) is 11.8 Å². The first-order valence-corrected chi connectivity index (χ1v) is 8.54. The second-order valence-electron chi connectivity index (χ2n) is 5.83. The smallest absolute Gasteiger partial charge is 0.191 e. The molecule has 0 spiro atoms. The Morgan fingerprint density at radius 3 is 2.42 bits per heavy atom. The van der Waals surface area contributed by atoms with Crippen LogP contribution in [0.2, 0.25) is 0 Å². The third-order valence-corrected chi connectivity index (χ3v) is 5.39. The van der Waals surface area contributed by atoms with Crippen LogP contribution in [0.15, 0.2) is 5.16 Å². The van der Waals surface area contributed by atoms with Gasteiger partial charge in [0, 0.05) is 11.8 Å². The van der Waals surface area contributed by atoms with Crippen molar-refractivity contribution in [3.63, 3.8) is 0 Å². The lowest BCUT2D eigenvalue weighted by Crippen LogP contribution is -2.06. The summed E-state index contributed by atoms with van der Waals surface area (Å²) in [4.78, 5) is 0. The maximum Gasteiger partial charge on any atom is 0.191 e. The van der Waals surface area contributed by atoms with E-state index in [4.69, 9.17) is 0 Å². The molecular weight excluding hydrogens is 258 g/mol. The zero-order valence-corrected chi connectivity index (χ0v) is 12.2. The van der Waals surface area contributed by atoms with E-state index in [1.54, 1.807) is 0 Å². The van der Waals surface area contributed by atoms with Gasteiger partial charge in [-0.05, 0) is 31.6 Å². The summed E-state index contributed by atoms with van der Waals surface area (Å²) in [5.74, 6) is 2.75. The zero-order valence-electron chi connectivity index (χ0n) is 11.4. The van der Waals surface area contributed by atoms with Crippen molar-refractivity contribution in [1.29, 1.82) is 0 Å². The van der Waals surface area contributed by atoms with Gasteiger partial charge < -0.3 is 9.67 Å². The van der Waals surface area contributed by atoms with Gasteiger partial charge in [-0.3, -0.25) is 0 Å². The van der Waals surface area contributed by atoms with Gasteiger partial charge in [0.2, 0.25) is 0 Å². The maximum atomic E-state index is 9.33. The minimum absolute atomic E-state index is 0.00743. The van der Waals surface area contributed by atoms with Gasteiger partial charge in [-0.1, -0.05) is 37.4 Å². The molecule has 3 rings (SSSR count). The van der Waals surface area contributed by atoms with Gasteiger partial charge in [0.15, 0.2) is 11.0 Å². The van der Waals surface area contributed by atoms with Crippen LogP contribution in [0, 0.1) is 5.92 Å². The van der Waals surface area contributed by atoms with Crippen LogP contribution in [0.3, 0.4) is 0 Å². The highest BCUT2D eigenvalue weighted by atomic mass is 32.2. The summed E-state index contributed by atoms with van der Waals surface area (Å²) in [6.07, 6.45) is 10.8. The maximum absolute atomic E-state index is 9.33. The highest BCUT2D eigenvalue weighted by Gasteiger charge is 2.29. The first-order valence-electron chi connectivity index (χ1n) is 7.56. The fourth-order valence-corrected chi connectivity index (χ4v) is 4.15. The predicted molar refractivity (Wildman–Crippen MR) is 76.1 cm³/mol. The molecule has 5 heteroatoms. The van der Waals surface area contributed by atoms with E-state index in [1.165, 1.54) is 51.4 Å². The van der Waals surface area contributed by atoms with Crippen LogP contribution in [-0.2, 0) is 6.61 Å². The molecule has 2 aliphatic carbocycles. The van der Waals surface area contributed by atoms with Crippen molar-refractivity contribution in [2.75, 3.05) is 5.75 Å². The Morgan fingerprint density at radius 2 is 1.79 bits per heavy atom. The highest BCUT2D eigenvalue weighted by molar-refractivity contribution is 7.99. The van der Waals surface area contributed by atoms with Crippen LogP contribution in [0.1, 0.15) is 63.2 Å². The van der Waals surface area contributed by atoms with Crippen LogP contribution < -0.4 is 0 Å². The van der Waals surface area contributed by atoms with Gasteiger partial charge in [0.1, 0.15) is 6.61 Å². The molecule has 0 atom stereocenters. The summed E-state index contributed by atoms with van der Waals surface area (Å²) in [5, 5.41) is 18.7. The number of thioether (sulfide) groups is 1. The fraction of sp³-hybridized carbons (Fsp3) is 0.857. The summed E-state index contributed by atoms with van der Waals surface area (Å²) in [6, 6.07) is 0.550. The summed E-state index contributed by atoms with van der Waals surface area (Å²) in [6.45, 7) is 0.00743. The van der Waals surface area contributed by atoms with E-state index in [2.05, 4.69) is 14.8 Å². The molecule has 0 radical (unpaired) electrons. The van der Waals surface area contributed by atoms with Crippen molar-refractivity contribution >= 4 is 11.8 Å². The molecule has 19 heavy (non-hydrogen) atoms. The average molecular weight is 281 g/mol. The first kappa shape index (κ1) is 13.4. The number of hydrogen-bond acceptors (Lipinski definition) is 4. The molecule has 106 valence electrons. The van der Waals surface area contributed by atoms with Gasteiger partial charge in [0.05, 0.1) is 0 Å². The third kappa shape index (κ3) is 3.31. The van der Waals surface area contributed by atoms with E-state index in [0.717, 1.165) is 22.7 Å². The Kier molecular flexibility index (Phi) is 4.43. The number of nitrogens with zero attached hydrogens (tertiary/aromatic N) is 3. The molecular formula is C14H23N3OS. The molecule has 0 bridgehead atoms. The van der Waals surface area contributed by atoms with Crippen molar-refractivity contribution in [2.45, 2.75) is 69.2 Å². The largest absolute Gasteiger partial charge is 0.388 e. The predicted octanol–water partition coefficient (Wildman–Crippen LogP) is 3.17. The number of aromatic nitrogens is 3. The van der Waals surface area contributed by atoms with Crippen LogP contribution in [0.25, 0.3) is 0 Å². The van der Waals surface area contributed by atoms with Gasteiger partial charge in [-0.25, -0.2) is 0 Å². The molecule has 0 aliphatic heterocycles. The highest BCUT2D eigenvalue weighted by Crippen LogP contribution is 2.39. The van der Waals surface area contributed by atoms with Gasteiger partial charge >= 0.3 is 0 Å². The van der Waals surface area contributed by atoms with Gasteiger partial charge in [-0.2, -0.15) is 0 Å². The lowest BCUT2D eigenvalue weighted by Gasteiger charge is -2.13. The van der Waals surface area contributed by atoms with Crippen LogP contribution in [0.5, 0.6) is 0 Å². The van der Waals surface area contributed by atoms with Gasteiger partial charge in [-0.15, -0.1) is 10.2 Å². The zero-order chi connectivity index (χ0) is 13.1. The molecule has 1 aromatic rings. The Balaban J connectivity index is 1.61. The average Bonchev–Trinajstić information content (AvgIpc) is 3.22. The molecule has 0 unspecified atom stereocenters. The van der Waals surface area contributed by atoms with Crippen LogP contribution in [-0.4, -0.2) is 25.6 Å². The minimum Gasteiger partial charge on any atom is -0.388 e. The van der Waals surface area contributed by atoms with Crippen molar-refractivity contribution in [3.05, 3.63) is 5.82 Å². The monoisotopic (exact) mass is 281 g/mol. The number of rotatable bonds is 5. The second-order valence-corrected chi connectivity index (χ2v) is 6.81. The van der Waals surface area contributed by atoms with E-state index < -0.39 is 0 Å². The molecule has 2 fully saturated rings. The Labute approximate surface area is 119 Å². The summed E-state index contributed by atoms with van der Waals surface area (Å²) >= 11 is 1.85. The van der Waals surface area contributed by atoms with E-state index in [-0.39, 0.29) is 6.61 Å². The normalized spacial score (nSPS) is 21.5. The van der Waals surface area contributed by atoms with Crippen molar-refractivity contribution in [3.8, 4) is 0 Å². The minimum atomic E-state index is 0.00743. The Bertz CT molecular complexity index is 409. The van der Waals surface area contributed by atoms with E-state index >= 15 is 0 Å². The second kappa shape index (κ2) is 6.27. The summed E-state index contributed by atoms with van der Waals surface area (Å²) in [7, 11) is 0. The number of hydrogen-bond donors (Lipinski definition) is 1. The SMILES string of the molecule is OCc1nnc(SCC2CCCCCC2)n1C1CC1. The molecule has 1 aromatic heterocycles. The number of aliphatic hydroxyl groups is 1. The van der Waals surface area contributed by atoms with Crippen molar-refractivity contribution in [1.82, 2.24) is 14.8 Å². The summed E-state index contributed by atoms with van der Waals surface area (Å²) < 4.78 is 2.17. The van der Waals surface area contributed by atoms with Gasteiger partial charge in [0.25, 0.3) is 0 Å². The molecule has 1 N–H and O–H groups in total. The molecule has 4 nitrogen and oxygen atoms in total. The fourth-order valence-electron chi connectivity index (χ4n) is 2.94. The van der Waals surface area contributed by atoms with Crippen LogP contribution >= 0.6 is 11.8 Å². The Hall–Kier alpha value is -0.550. The molecule has 0 aromatic carbocycles. The lowest BCUT2D eigenvalue weighted by atomic mass is 10.0. The molecule has 0 saturated heterocycles. The molecule has 2 aliphatic rings.